The Balaban J connectivity index is 2.20. The number of rotatable bonds is 2. The fourth-order valence-electron chi connectivity index (χ4n) is 2.31. The third-order valence-corrected chi connectivity index (χ3v) is 4.51. The number of hydrogen-bond acceptors (Lipinski definition) is 5. The number of carbonyl (C=O) groups excluding carboxylic acids is 3. The van der Waals surface area contributed by atoms with Gasteiger partial charge in [0, 0.05) is 33.1 Å². The van der Waals surface area contributed by atoms with Crippen molar-refractivity contribution in [2.75, 3.05) is 26.2 Å². The molecule has 21 heavy (non-hydrogen) atoms. The van der Waals surface area contributed by atoms with Gasteiger partial charge in [0.2, 0.25) is 11.8 Å². The Morgan fingerprint density at radius 3 is 2.43 bits per heavy atom. The highest BCUT2D eigenvalue weighted by Crippen LogP contribution is 2.18. The zero-order valence-electron chi connectivity index (χ0n) is 12.0. The fourth-order valence-corrected chi connectivity index (χ4v) is 3.08. The molecule has 1 aliphatic rings. The quantitative estimate of drug-likeness (QED) is 0.822. The molecule has 1 aliphatic heterocycles. The molecule has 2 N–H and O–H groups in total. The van der Waals surface area contributed by atoms with Gasteiger partial charge in [0.05, 0.1) is 17.1 Å². The van der Waals surface area contributed by atoms with Gasteiger partial charge in [-0.3, -0.25) is 14.4 Å². The van der Waals surface area contributed by atoms with Gasteiger partial charge in [0.25, 0.3) is 5.91 Å². The molecule has 0 bridgehead atoms. The Morgan fingerprint density at radius 2 is 1.90 bits per heavy atom. The summed E-state index contributed by atoms with van der Waals surface area (Å²) in [5.41, 5.74) is 7.68. The number of carbonyl (C=O) groups is 3. The smallest absolute Gasteiger partial charge is 0.265 e. The van der Waals surface area contributed by atoms with Crippen molar-refractivity contribution in [1.29, 1.82) is 0 Å². The van der Waals surface area contributed by atoms with Crippen LogP contribution in [0.2, 0.25) is 0 Å². The molecule has 1 aromatic rings. The number of nitrogens with two attached hydrogens (primary N) is 1. The summed E-state index contributed by atoms with van der Waals surface area (Å²) in [5, 5.41) is 0. The van der Waals surface area contributed by atoms with Crippen molar-refractivity contribution in [2.24, 2.45) is 11.7 Å². The molecule has 1 aromatic heterocycles. The lowest BCUT2D eigenvalue weighted by Crippen LogP contribution is -2.40. The van der Waals surface area contributed by atoms with Gasteiger partial charge < -0.3 is 15.5 Å². The third kappa shape index (κ3) is 3.38. The summed E-state index contributed by atoms with van der Waals surface area (Å²) in [5.74, 6) is -1.33. The molecule has 0 aromatic carbocycles. The van der Waals surface area contributed by atoms with E-state index in [9.17, 15) is 14.4 Å². The van der Waals surface area contributed by atoms with Crippen LogP contribution in [-0.2, 0) is 9.59 Å². The van der Waals surface area contributed by atoms with Crippen molar-refractivity contribution in [1.82, 2.24) is 14.8 Å². The van der Waals surface area contributed by atoms with Gasteiger partial charge in [-0.25, -0.2) is 4.98 Å². The van der Waals surface area contributed by atoms with E-state index in [2.05, 4.69) is 4.98 Å². The molecule has 1 fully saturated rings. The zero-order valence-corrected chi connectivity index (χ0v) is 12.9. The van der Waals surface area contributed by atoms with Gasteiger partial charge in [-0.1, -0.05) is 0 Å². The van der Waals surface area contributed by atoms with Crippen molar-refractivity contribution < 1.29 is 14.4 Å². The minimum atomic E-state index is -0.548. The molecule has 7 nitrogen and oxygen atoms in total. The molecule has 0 spiro atoms. The van der Waals surface area contributed by atoms with Crippen LogP contribution in [0, 0.1) is 12.8 Å². The van der Waals surface area contributed by atoms with E-state index in [0.29, 0.717) is 23.7 Å². The van der Waals surface area contributed by atoms with Crippen LogP contribution in [-0.4, -0.2) is 58.7 Å². The summed E-state index contributed by atoms with van der Waals surface area (Å²) >= 11 is 1.28. The summed E-state index contributed by atoms with van der Waals surface area (Å²) < 4.78 is 0. The Bertz CT molecular complexity index is 572. The second kappa shape index (κ2) is 6.21. The first-order valence-electron chi connectivity index (χ1n) is 6.64. The van der Waals surface area contributed by atoms with E-state index < -0.39 is 11.8 Å². The molecular formula is C13H18N4O3S. The number of thiazole rings is 1. The summed E-state index contributed by atoms with van der Waals surface area (Å²) in [4.78, 5) is 43.4. The van der Waals surface area contributed by atoms with Crippen LogP contribution in [0.5, 0.6) is 0 Å². The van der Waals surface area contributed by atoms with E-state index in [0.717, 1.165) is 0 Å². The van der Waals surface area contributed by atoms with Crippen molar-refractivity contribution in [3.8, 4) is 0 Å². The molecule has 1 saturated heterocycles. The SMILES string of the molecule is CC(=O)N1CCN(C(=O)c2scnc2C)CC(C(N)=O)C1. The third-order valence-electron chi connectivity index (χ3n) is 3.60. The highest BCUT2D eigenvalue weighted by atomic mass is 32.1. The molecule has 3 amide bonds. The van der Waals surface area contributed by atoms with E-state index in [1.165, 1.54) is 18.3 Å². The first-order chi connectivity index (χ1) is 9.90. The second-order valence-corrected chi connectivity index (χ2v) is 5.94. The average Bonchev–Trinajstić information content (AvgIpc) is 2.72. The Labute approximate surface area is 126 Å². The van der Waals surface area contributed by atoms with Crippen LogP contribution in [0.4, 0.5) is 0 Å². The van der Waals surface area contributed by atoms with Crippen molar-refractivity contribution in [3.05, 3.63) is 16.1 Å². The molecule has 114 valence electrons. The van der Waals surface area contributed by atoms with Crippen LogP contribution in [0.25, 0.3) is 0 Å². The summed E-state index contributed by atoms with van der Waals surface area (Å²) in [6.07, 6.45) is 0. The van der Waals surface area contributed by atoms with E-state index in [1.54, 1.807) is 22.2 Å². The molecule has 8 heteroatoms. The molecule has 0 saturated carbocycles. The topological polar surface area (TPSA) is 96.6 Å². The van der Waals surface area contributed by atoms with Gasteiger partial charge in [-0.15, -0.1) is 11.3 Å². The predicted molar refractivity (Wildman–Crippen MR) is 77.7 cm³/mol. The molecule has 1 atom stereocenters. The van der Waals surface area contributed by atoms with Gasteiger partial charge in [-0.05, 0) is 6.92 Å². The Hall–Kier alpha value is -1.96. The van der Waals surface area contributed by atoms with E-state index in [4.69, 9.17) is 5.73 Å². The highest BCUT2D eigenvalue weighted by molar-refractivity contribution is 7.11. The number of amides is 3. The second-order valence-electron chi connectivity index (χ2n) is 5.08. The van der Waals surface area contributed by atoms with Crippen molar-refractivity contribution in [2.45, 2.75) is 13.8 Å². The largest absolute Gasteiger partial charge is 0.369 e. The number of nitrogens with zero attached hydrogens (tertiary/aromatic N) is 3. The molecular weight excluding hydrogens is 292 g/mol. The lowest BCUT2D eigenvalue weighted by atomic mass is 10.1. The standard InChI is InChI=1S/C13H18N4O3S/c1-8-11(21-7-15-8)13(20)17-4-3-16(9(2)18)5-10(6-17)12(14)19/h7,10H,3-6H2,1-2H3,(H2,14,19). The van der Waals surface area contributed by atoms with E-state index in [-0.39, 0.29) is 24.9 Å². The van der Waals surface area contributed by atoms with E-state index >= 15 is 0 Å². The van der Waals surface area contributed by atoms with Gasteiger partial charge in [-0.2, -0.15) is 0 Å². The molecule has 0 aliphatic carbocycles. The Kier molecular flexibility index (Phi) is 4.56. The summed E-state index contributed by atoms with van der Waals surface area (Å²) in [6.45, 7) is 4.51. The first-order valence-corrected chi connectivity index (χ1v) is 7.52. The average molecular weight is 310 g/mol. The molecule has 2 heterocycles. The van der Waals surface area contributed by atoms with Crippen LogP contribution in [0.15, 0.2) is 5.51 Å². The van der Waals surface area contributed by atoms with Crippen LogP contribution in [0.1, 0.15) is 22.3 Å². The maximum absolute atomic E-state index is 12.5. The van der Waals surface area contributed by atoms with Crippen LogP contribution < -0.4 is 5.73 Å². The van der Waals surface area contributed by atoms with E-state index in [1.807, 2.05) is 0 Å². The van der Waals surface area contributed by atoms with Gasteiger partial charge in [0.1, 0.15) is 4.88 Å². The molecule has 1 unspecified atom stereocenters. The fraction of sp³-hybridized carbons (Fsp3) is 0.538. The maximum Gasteiger partial charge on any atom is 0.265 e. The normalized spacial score (nSPS) is 19.2. The van der Waals surface area contributed by atoms with Crippen molar-refractivity contribution in [3.63, 3.8) is 0 Å². The summed E-state index contributed by atoms with van der Waals surface area (Å²) in [7, 11) is 0. The molecule has 2 rings (SSSR count). The Morgan fingerprint density at radius 1 is 1.29 bits per heavy atom. The number of hydrogen-bond donors (Lipinski definition) is 1. The summed E-state index contributed by atoms with van der Waals surface area (Å²) in [6, 6.07) is 0. The van der Waals surface area contributed by atoms with Crippen LogP contribution in [0.3, 0.4) is 0 Å². The van der Waals surface area contributed by atoms with Crippen LogP contribution >= 0.6 is 11.3 Å². The first kappa shape index (κ1) is 15.4. The predicted octanol–water partition coefficient (Wildman–Crippen LogP) is -0.143. The lowest BCUT2D eigenvalue weighted by molar-refractivity contribution is -0.130. The lowest BCUT2D eigenvalue weighted by Gasteiger charge is -2.21. The zero-order chi connectivity index (χ0) is 15.6. The van der Waals surface area contributed by atoms with Crippen molar-refractivity contribution >= 4 is 29.1 Å². The molecule has 0 radical (unpaired) electrons. The minimum Gasteiger partial charge on any atom is -0.369 e. The van der Waals surface area contributed by atoms with Gasteiger partial charge >= 0.3 is 0 Å². The van der Waals surface area contributed by atoms with Gasteiger partial charge in [0.15, 0.2) is 0 Å². The highest BCUT2D eigenvalue weighted by Gasteiger charge is 2.31. The number of aromatic nitrogens is 1. The minimum absolute atomic E-state index is 0.121. The monoisotopic (exact) mass is 310 g/mol. The number of primary amides is 1. The number of aryl methyl sites for hydroxylation is 1. The maximum atomic E-state index is 12.5.